The highest BCUT2D eigenvalue weighted by Crippen LogP contribution is 2.30. The van der Waals surface area contributed by atoms with Gasteiger partial charge in [-0.2, -0.15) is 0 Å². The highest BCUT2D eigenvalue weighted by Gasteiger charge is 2.16. The zero-order valence-electron chi connectivity index (χ0n) is 17.4. The topological polar surface area (TPSA) is 64.1 Å². The molecule has 1 N–H and O–H groups in total. The van der Waals surface area contributed by atoms with Crippen molar-refractivity contribution in [1.29, 1.82) is 0 Å². The van der Waals surface area contributed by atoms with Crippen LogP contribution in [-0.4, -0.2) is 22.9 Å². The van der Waals surface area contributed by atoms with Crippen LogP contribution in [0.4, 0.5) is 11.6 Å². The number of thiophene rings is 1. The molecule has 0 bridgehead atoms. The second-order valence-electron chi connectivity index (χ2n) is 7.22. The summed E-state index contributed by atoms with van der Waals surface area (Å²) < 4.78 is 5.18. The maximum absolute atomic E-state index is 12.8. The minimum absolute atomic E-state index is 0.151. The molecule has 0 fully saturated rings. The van der Waals surface area contributed by atoms with Crippen molar-refractivity contribution in [3.8, 4) is 16.3 Å². The van der Waals surface area contributed by atoms with E-state index in [0.717, 1.165) is 26.9 Å². The zero-order chi connectivity index (χ0) is 21.6. The maximum Gasteiger partial charge on any atom is 0.227 e. The van der Waals surface area contributed by atoms with Crippen LogP contribution in [0.15, 0.2) is 79.0 Å². The van der Waals surface area contributed by atoms with Crippen molar-refractivity contribution in [1.82, 2.24) is 9.97 Å². The van der Waals surface area contributed by atoms with E-state index in [2.05, 4.69) is 34.3 Å². The van der Waals surface area contributed by atoms with Gasteiger partial charge in [-0.15, -0.1) is 11.3 Å². The molecule has 2 aromatic carbocycles. The van der Waals surface area contributed by atoms with Crippen molar-refractivity contribution in [3.05, 3.63) is 89.4 Å². The van der Waals surface area contributed by atoms with E-state index in [1.807, 2.05) is 60.7 Å². The lowest BCUT2D eigenvalue weighted by Gasteiger charge is -2.10. The van der Waals surface area contributed by atoms with Gasteiger partial charge in [0.25, 0.3) is 0 Å². The molecular weight excluding hydrogens is 406 g/mol. The summed E-state index contributed by atoms with van der Waals surface area (Å²) in [6, 6.07) is 23.4. The fourth-order valence-electron chi connectivity index (χ4n) is 3.26. The van der Waals surface area contributed by atoms with Crippen LogP contribution in [0.25, 0.3) is 10.6 Å². The molecule has 2 heterocycles. The number of ketones is 1. The molecule has 1 atom stereocenters. The van der Waals surface area contributed by atoms with Gasteiger partial charge in [-0.25, -0.2) is 9.97 Å². The van der Waals surface area contributed by atoms with Gasteiger partial charge in [-0.3, -0.25) is 4.79 Å². The third-order valence-corrected chi connectivity index (χ3v) is 6.14. The molecule has 31 heavy (non-hydrogen) atoms. The first kappa shape index (κ1) is 20.8. The second kappa shape index (κ2) is 9.53. The van der Waals surface area contributed by atoms with Crippen LogP contribution in [0.5, 0.6) is 5.75 Å². The summed E-state index contributed by atoms with van der Waals surface area (Å²) in [4.78, 5) is 23.4. The normalized spacial score (nSPS) is 11.7. The Morgan fingerprint density at radius 2 is 1.81 bits per heavy atom. The summed E-state index contributed by atoms with van der Waals surface area (Å²) in [7, 11) is 1.64. The SMILES string of the molecule is COc1ccc(Nc2nccc(-c3ccc(C(=O)C[C@H](C)c4ccccc4)s3)n2)cc1. The summed E-state index contributed by atoms with van der Waals surface area (Å²) in [5.41, 5.74) is 2.83. The number of hydrogen-bond donors (Lipinski definition) is 1. The highest BCUT2D eigenvalue weighted by molar-refractivity contribution is 7.17. The Labute approximate surface area is 185 Å². The van der Waals surface area contributed by atoms with E-state index in [9.17, 15) is 4.79 Å². The number of nitrogens with one attached hydrogen (secondary N) is 1. The van der Waals surface area contributed by atoms with E-state index in [4.69, 9.17) is 4.74 Å². The lowest BCUT2D eigenvalue weighted by molar-refractivity contribution is 0.0979. The molecule has 0 spiro atoms. The Balaban J connectivity index is 1.45. The standard InChI is InChI=1S/C25H23N3O2S/c1-17(18-6-4-3-5-7-18)16-22(29)24-13-12-23(31-24)21-14-15-26-25(28-21)27-19-8-10-20(30-2)11-9-19/h3-15,17H,16H2,1-2H3,(H,26,27,28)/t17-/m0/s1. The van der Waals surface area contributed by atoms with Crippen molar-refractivity contribution < 1.29 is 9.53 Å². The number of carbonyl (C=O) groups is 1. The number of Topliss-reactive ketones (excluding diaryl/α,β-unsaturated/α-hetero) is 1. The van der Waals surface area contributed by atoms with Gasteiger partial charge < -0.3 is 10.1 Å². The fourth-order valence-corrected chi connectivity index (χ4v) is 4.19. The molecule has 2 aromatic heterocycles. The quantitative estimate of drug-likeness (QED) is 0.331. The van der Waals surface area contributed by atoms with Crippen LogP contribution in [0.1, 0.15) is 34.5 Å². The fraction of sp³-hybridized carbons (Fsp3) is 0.160. The van der Waals surface area contributed by atoms with Gasteiger partial charge in [0.05, 0.1) is 22.6 Å². The van der Waals surface area contributed by atoms with Gasteiger partial charge in [0.2, 0.25) is 5.95 Å². The average Bonchev–Trinajstić information content (AvgIpc) is 3.31. The molecule has 0 saturated heterocycles. The maximum atomic E-state index is 12.8. The number of ether oxygens (including phenoxy) is 1. The van der Waals surface area contributed by atoms with E-state index in [0.29, 0.717) is 12.4 Å². The third kappa shape index (κ3) is 5.16. The number of rotatable bonds is 8. The Morgan fingerprint density at radius 3 is 2.55 bits per heavy atom. The summed E-state index contributed by atoms with van der Waals surface area (Å²) in [6.07, 6.45) is 2.20. The van der Waals surface area contributed by atoms with Gasteiger partial charge in [0, 0.05) is 18.3 Å². The Kier molecular flexibility index (Phi) is 6.38. The first-order valence-corrected chi connectivity index (χ1v) is 10.9. The summed E-state index contributed by atoms with van der Waals surface area (Å²) in [5.74, 6) is 1.62. The first-order valence-electron chi connectivity index (χ1n) is 10.0. The van der Waals surface area contributed by atoms with Crippen molar-refractivity contribution in [2.24, 2.45) is 0 Å². The number of benzene rings is 2. The monoisotopic (exact) mass is 429 g/mol. The van der Waals surface area contributed by atoms with Gasteiger partial charge in [-0.1, -0.05) is 37.3 Å². The molecule has 6 heteroatoms. The first-order chi connectivity index (χ1) is 15.1. The van der Waals surface area contributed by atoms with Crippen LogP contribution in [0.3, 0.4) is 0 Å². The molecule has 0 aliphatic carbocycles. The summed E-state index contributed by atoms with van der Waals surface area (Å²) in [5, 5.41) is 3.20. The Hall–Kier alpha value is -3.51. The van der Waals surface area contributed by atoms with Crippen LogP contribution >= 0.6 is 11.3 Å². The van der Waals surface area contributed by atoms with E-state index in [1.165, 1.54) is 16.9 Å². The second-order valence-corrected chi connectivity index (χ2v) is 8.31. The minimum atomic E-state index is 0.151. The molecule has 156 valence electrons. The smallest absolute Gasteiger partial charge is 0.227 e. The zero-order valence-corrected chi connectivity index (χ0v) is 18.2. The van der Waals surface area contributed by atoms with Gasteiger partial charge in [0.15, 0.2) is 5.78 Å². The van der Waals surface area contributed by atoms with Gasteiger partial charge >= 0.3 is 0 Å². The molecular formula is C25H23N3O2S. The number of methoxy groups -OCH3 is 1. The van der Waals surface area contributed by atoms with E-state index in [-0.39, 0.29) is 11.7 Å². The third-order valence-electron chi connectivity index (χ3n) is 5.00. The van der Waals surface area contributed by atoms with E-state index in [1.54, 1.807) is 13.3 Å². The highest BCUT2D eigenvalue weighted by atomic mass is 32.1. The molecule has 5 nitrogen and oxygen atoms in total. The van der Waals surface area contributed by atoms with E-state index < -0.39 is 0 Å². The van der Waals surface area contributed by atoms with Crippen LogP contribution < -0.4 is 10.1 Å². The number of anilines is 2. The largest absolute Gasteiger partial charge is 0.497 e. The molecule has 0 unspecified atom stereocenters. The molecule has 4 aromatic rings. The lowest BCUT2D eigenvalue weighted by Crippen LogP contribution is -2.03. The molecule has 0 saturated carbocycles. The Bertz CT molecular complexity index is 1160. The molecule has 4 rings (SSSR count). The Morgan fingerprint density at radius 1 is 1.03 bits per heavy atom. The van der Waals surface area contributed by atoms with Crippen LogP contribution in [-0.2, 0) is 0 Å². The predicted octanol–water partition coefficient (Wildman–Crippen LogP) is 6.33. The number of aromatic nitrogens is 2. The van der Waals surface area contributed by atoms with Crippen molar-refractivity contribution in [2.45, 2.75) is 19.3 Å². The van der Waals surface area contributed by atoms with Crippen LogP contribution in [0.2, 0.25) is 0 Å². The average molecular weight is 430 g/mol. The molecule has 0 aliphatic rings. The van der Waals surface area contributed by atoms with Crippen molar-refractivity contribution >= 4 is 28.8 Å². The van der Waals surface area contributed by atoms with Crippen molar-refractivity contribution in [3.63, 3.8) is 0 Å². The van der Waals surface area contributed by atoms with Gasteiger partial charge in [0.1, 0.15) is 5.75 Å². The number of hydrogen-bond acceptors (Lipinski definition) is 6. The van der Waals surface area contributed by atoms with E-state index >= 15 is 0 Å². The van der Waals surface area contributed by atoms with Gasteiger partial charge in [-0.05, 0) is 53.9 Å². The molecule has 0 aliphatic heterocycles. The predicted molar refractivity (Wildman–Crippen MR) is 125 cm³/mol. The molecule has 0 amide bonds. The van der Waals surface area contributed by atoms with Crippen molar-refractivity contribution in [2.75, 3.05) is 12.4 Å². The summed E-state index contributed by atoms with van der Waals surface area (Å²) >= 11 is 1.47. The number of nitrogens with zero attached hydrogens (tertiary/aromatic N) is 2. The molecule has 0 radical (unpaired) electrons. The minimum Gasteiger partial charge on any atom is -0.497 e. The summed E-state index contributed by atoms with van der Waals surface area (Å²) in [6.45, 7) is 2.09. The lowest BCUT2D eigenvalue weighted by atomic mass is 9.95. The number of carbonyl (C=O) groups excluding carboxylic acids is 1. The van der Waals surface area contributed by atoms with Crippen LogP contribution in [0, 0.1) is 0 Å².